The number of anilines is 1. The van der Waals surface area contributed by atoms with Crippen LogP contribution >= 0.6 is 0 Å². The van der Waals surface area contributed by atoms with E-state index in [-0.39, 0.29) is 5.91 Å². The fourth-order valence-corrected chi connectivity index (χ4v) is 4.43. The average molecular weight is 468 g/mol. The van der Waals surface area contributed by atoms with Gasteiger partial charge in [0.2, 0.25) is 5.95 Å². The lowest BCUT2D eigenvalue weighted by molar-refractivity contribution is -0.120. The first-order valence-corrected chi connectivity index (χ1v) is 12.2. The molecule has 1 aliphatic rings. The Kier molecular flexibility index (Phi) is 6.84. The van der Waals surface area contributed by atoms with Crippen molar-refractivity contribution in [2.45, 2.75) is 44.9 Å². The van der Waals surface area contributed by atoms with Crippen LogP contribution in [0.15, 0.2) is 73.2 Å². The SMILES string of the molecule is O=C(CCCc1cn(-c2ccccc2)c(NC(=O)c2cccc(-c3cn[nH]c3)c2)n1)CC1CCC1. The van der Waals surface area contributed by atoms with Gasteiger partial charge in [0.25, 0.3) is 5.91 Å². The molecule has 0 atom stereocenters. The molecule has 0 saturated heterocycles. The zero-order valence-corrected chi connectivity index (χ0v) is 19.6. The molecule has 0 aliphatic heterocycles. The molecule has 1 aliphatic carbocycles. The molecule has 1 amide bonds. The van der Waals surface area contributed by atoms with E-state index in [4.69, 9.17) is 4.98 Å². The topological polar surface area (TPSA) is 92.7 Å². The van der Waals surface area contributed by atoms with Crippen molar-refractivity contribution in [3.05, 3.63) is 84.4 Å². The maximum atomic E-state index is 13.1. The Morgan fingerprint density at radius 2 is 1.91 bits per heavy atom. The predicted molar refractivity (Wildman–Crippen MR) is 135 cm³/mol. The van der Waals surface area contributed by atoms with Gasteiger partial charge in [0.15, 0.2) is 0 Å². The van der Waals surface area contributed by atoms with E-state index < -0.39 is 0 Å². The fourth-order valence-electron chi connectivity index (χ4n) is 4.43. The maximum Gasteiger partial charge on any atom is 0.258 e. The van der Waals surface area contributed by atoms with Gasteiger partial charge in [-0.2, -0.15) is 5.10 Å². The standard InChI is InChI=1S/C28H29N5O2/c34-26(15-20-7-4-8-20)14-6-11-24-19-33(25-12-2-1-3-13-25)28(31-24)32-27(35)22-10-5-9-21(16-22)23-17-29-30-18-23/h1-3,5,9-10,12-13,16-20H,4,6-8,11,14-15H2,(H,29,30)(H,31,32,35). The third-order valence-electron chi connectivity index (χ3n) is 6.60. The largest absolute Gasteiger partial charge is 0.300 e. The number of hydrogen-bond acceptors (Lipinski definition) is 4. The minimum atomic E-state index is -0.236. The molecule has 178 valence electrons. The van der Waals surface area contributed by atoms with Gasteiger partial charge in [0.05, 0.1) is 11.9 Å². The Hall–Kier alpha value is -4.00. The van der Waals surface area contributed by atoms with Crippen molar-refractivity contribution < 1.29 is 9.59 Å². The highest BCUT2D eigenvalue weighted by Crippen LogP contribution is 2.30. The quantitative estimate of drug-likeness (QED) is 0.318. The fraction of sp³-hybridized carbons (Fsp3) is 0.286. The Morgan fingerprint density at radius 3 is 2.66 bits per heavy atom. The molecular formula is C28H29N5O2. The number of hydrogen-bond donors (Lipinski definition) is 2. The van der Waals surface area contributed by atoms with E-state index in [2.05, 4.69) is 15.5 Å². The summed E-state index contributed by atoms with van der Waals surface area (Å²) in [6.45, 7) is 0. The molecule has 4 aromatic rings. The maximum absolute atomic E-state index is 13.1. The molecule has 0 bridgehead atoms. The van der Waals surface area contributed by atoms with Crippen molar-refractivity contribution >= 4 is 17.6 Å². The summed E-state index contributed by atoms with van der Waals surface area (Å²) < 4.78 is 1.89. The highest BCUT2D eigenvalue weighted by Gasteiger charge is 2.20. The molecule has 7 heteroatoms. The number of carbonyl (C=O) groups is 2. The van der Waals surface area contributed by atoms with Gasteiger partial charge < -0.3 is 0 Å². The molecule has 5 rings (SSSR count). The number of amides is 1. The molecule has 1 fully saturated rings. The first-order chi connectivity index (χ1) is 17.2. The monoisotopic (exact) mass is 467 g/mol. The van der Waals surface area contributed by atoms with Gasteiger partial charge >= 0.3 is 0 Å². The number of benzene rings is 2. The molecule has 7 nitrogen and oxygen atoms in total. The van der Waals surface area contributed by atoms with Gasteiger partial charge in [-0.05, 0) is 48.6 Å². The third-order valence-corrected chi connectivity index (χ3v) is 6.60. The van der Waals surface area contributed by atoms with Crippen LogP contribution in [0.5, 0.6) is 0 Å². The van der Waals surface area contributed by atoms with Crippen LogP contribution in [0, 0.1) is 5.92 Å². The van der Waals surface area contributed by atoms with Crippen LogP contribution in [0.25, 0.3) is 16.8 Å². The van der Waals surface area contributed by atoms with E-state index in [0.29, 0.717) is 36.1 Å². The lowest BCUT2D eigenvalue weighted by Gasteiger charge is -2.24. The Morgan fingerprint density at radius 1 is 1.06 bits per heavy atom. The average Bonchev–Trinajstić information content (AvgIpc) is 3.53. The van der Waals surface area contributed by atoms with E-state index in [1.54, 1.807) is 18.5 Å². The Labute approximate surface area is 204 Å². The molecule has 2 heterocycles. The normalized spacial score (nSPS) is 13.4. The number of para-hydroxylation sites is 1. The molecule has 2 N–H and O–H groups in total. The number of aromatic nitrogens is 4. The van der Waals surface area contributed by atoms with Gasteiger partial charge in [-0.15, -0.1) is 0 Å². The van der Waals surface area contributed by atoms with Crippen molar-refractivity contribution in [3.8, 4) is 16.8 Å². The first-order valence-electron chi connectivity index (χ1n) is 12.2. The second-order valence-corrected chi connectivity index (χ2v) is 9.18. The number of imidazole rings is 1. The van der Waals surface area contributed by atoms with E-state index >= 15 is 0 Å². The molecule has 35 heavy (non-hydrogen) atoms. The molecule has 2 aromatic carbocycles. The number of Topliss-reactive ketones (excluding diaryl/α,β-unsaturated/α-hetero) is 1. The Bertz CT molecular complexity index is 1290. The highest BCUT2D eigenvalue weighted by molar-refractivity contribution is 6.04. The van der Waals surface area contributed by atoms with Crippen molar-refractivity contribution in [1.82, 2.24) is 19.7 Å². The first kappa shape index (κ1) is 22.8. The van der Waals surface area contributed by atoms with Crippen LogP contribution in [0.1, 0.15) is 54.6 Å². The van der Waals surface area contributed by atoms with E-state index in [9.17, 15) is 9.59 Å². The molecular weight excluding hydrogens is 438 g/mol. The van der Waals surface area contributed by atoms with Crippen LogP contribution < -0.4 is 5.32 Å². The molecule has 0 unspecified atom stereocenters. The van der Waals surface area contributed by atoms with Crippen molar-refractivity contribution in [3.63, 3.8) is 0 Å². The second kappa shape index (κ2) is 10.5. The van der Waals surface area contributed by atoms with Crippen molar-refractivity contribution in [1.29, 1.82) is 0 Å². The summed E-state index contributed by atoms with van der Waals surface area (Å²) in [7, 11) is 0. The summed E-state index contributed by atoms with van der Waals surface area (Å²) in [5.41, 5.74) is 4.13. The number of rotatable bonds is 10. The zero-order chi connectivity index (χ0) is 24.0. The van der Waals surface area contributed by atoms with Crippen LogP contribution in [0.2, 0.25) is 0 Å². The molecule has 0 radical (unpaired) electrons. The van der Waals surface area contributed by atoms with E-state index in [0.717, 1.165) is 35.3 Å². The lowest BCUT2D eigenvalue weighted by atomic mass is 9.81. The summed E-state index contributed by atoms with van der Waals surface area (Å²) >= 11 is 0. The van der Waals surface area contributed by atoms with Crippen LogP contribution in [0.4, 0.5) is 5.95 Å². The molecule has 1 saturated carbocycles. The number of ketones is 1. The van der Waals surface area contributed by atoms with Gasteiger partial charge in [0, 0.05) is 42.0 Å². The van der Waals surface area contributed by atoms with Gasteiger partial charge in [-0.25, -0.2) is 4.98 Å². The van der Waals surface area contributed by atoms with E-state index in [1.807, 2.05) is 59.3 Å². The van der Waals surface area contributed by atoms with Gasteiger partial charge in [0.1, 0.15) is 5.78 Å². The minimum Gasteiger partial charge on any atom is -0.300 e. The predicted octanol–water partition coefficient (Wildman–Crippen LogP) is 5.60. The van der Waals surface area contributed by atoms with Crippen molar-refractivity contribution in [2.75, 3.05) is 5.32 Å². The Balaban J connectivity index is 1.30. The molecule has 0 spiro atoms. The number of nitrogens with one attached hydrogen (secondary N) is 2. The number of nitrogens with zero attached hydrogens (tertiary/aromatic N) is 3. The number of aromatic amines is 1. The van der Waals surface area contributed by atoms with Gasteiger partial charge in [-0.1, -0.05) is 49.6 Å². The summed E-state index contributed by atoms with van der Waals surface area (Å²) in [5.74, 6) is 1.18. The van der Waals surface area contributed by atoms with Crippen LogP contribution in [0.3, 0.4) is 0 Å². The number of aryl methyl sites for hydroxylation is 1. The summed E-state index contributed by atoms with van der Waals surface area (Å²) in [6.07, 6.45) is 11.9. The van der Waals surface area contributed by atoms with Crippen molar-refractivity contribution in [2.24, 2.45) is 5.92 Å². The smallest absolute Gasteiger partial charge is 0.258 e. The van der Waals surface area contributed by atoms with Crippen LogP contribution in [-0.2, 0) is 11.2 Å². The highest BCUT2D eigenvalue weighted by atomic mass is 16.1. The van der Waals surface area contributed by atoms with Crippen LogP contribution in [-0.4, -0.2) is 31.4 Å². The zero-order valence-electron chi connectivity index (χ0n) is 19.6. The summed E-state index contributed by atoms with van der Waals surface area (Å²) in [6, 6.07) is 17.2. The second-order valence-electron chi connectivity index (χ2n) is 9.18. The van der Waals surface area contributed by atoms with Gasteiger partial charge in [-0.3, -0.25) is 24.6 Å². The lowest BCUT2D eigenvalue weighted by Crippen LogP contribution is -2.15. The minimum absolute atomic E-state index is 0.236. The third kappa shape index (κ3) is 5.57. The summed E-state index contributed by atoms with van der Waals surface area (Å²) in [4.78, 5) is 30.1. The number of carbonyl (C=O) groups excluding carboxylic acids is 2. The number of H-pyrrole nitrogens is 1. The summed E-state index contributed by atoms with van der Waals surface area (Å²) in [5, 5.41) is 9.77. The van der Waals surface area contributed by atoms with E-state index in [1.165, 1.54) is 19.3 Å². The molecule has 2 aromatic heterocycles.